The van der Waals surface area contributed by atoms with Crippen molar-refractivity contribution in [1.29, 1.82) is 0 Å². The Morgan fingerprint density at radius 3 is 2.82 bits per heavy atom. The van der Waals surface area contributed by atoms with E-state index in [1.54, 1.807) is 12.4 Å². The van der Waals surface area contributed by atoms with Gasteiger partial charge in [-0.15, -0.1) is 0 Å². The third-order valence-electron chi connectivity index (χ3n) is 3.79. The minimum atomic E-state index is 0.525. The zero-order valence-electron chi connectivity index (χ0n) is 9.77. The second-order valence-corrected chi connectivity index (χ2v) is 5.78. The van der Waals surface area contributed by atoms with E-state index in [4.69, 9.17) is 0 Å². The van der Waals surface area contributed by atoms with E-state index in [0.29, 0.717) is 12.1 Å². The van der Waals surface area contributed by atoms with E-state index in [0.717, 1.165) is 10.4 Å². The van der Waals surface area contributed by atoms with E-state index in [1.165, 1.54) is 38.8 Å². The van der Waals surface area contributed by atoms with E-state index < -0.39 is 0 Å². The monoisotopic (exact) mass is 296 g/mol. The van der Waals surface area contributed by atoms with Gasteiger partial charge in [-0.25, -0.2) is 9.97 Å². The lowest BCUT2D eigenvalue weighted by atomic mass is 9.99. The molecule has 92 valence electrons. The molecule has 0 amide bonds. The van der Waals surface area contributed by atoms with Crippen LogP contribution in [0.3, 0.4) is 0 Å². The fraction of sp³-hybridized carbons (Fsp3) is 0.667. The van der Waals surface area contributed by atoms with Crippen molar-refractivity contribution >= 4 is 21.9 Å². The molecule has 1 N–H and O–H groups in total. The summed E-state index contributed by atoms with van der Waals surface area (Å²) >= 11 is 3.35. The summed E-state index contributed by atoms with van der Waals surface area (Å²) in [5, 5.41) is 3.48. The fourth-order valence-electron chi connectivity index (χ4n) is 2.97. The van der Waals surface area contributed by atoms with Crippen molar-refractivity contribution < 1.29 is 0 Å². The summed E-state index contributed by atoms with van der Waals surface area (Å²) in [6.45, 7) is 2.49. The van der Waals surface area contributed by atoms with Gasteiger partial charge in [0.2, 0.25) is 5.95 Å². The Kier molecular flexibility index (Phi) is 3.29. The molecule has 2 aliphatic heterocycles. The number of anilines is 1. The third kappa shape index (κ3) is 2.45. The number of halogens is 1. The van der Waals surface area contributed by atoms with Crippen LogP contribution in [0.25, 0.3) is 0 Å². The van der Waals surface area contributed by atoms with Crippen molar-refractivity contribution in [3.63, 3.8) is 0 Å². The van der Waals surface area contributed by atoms with Gasteiger partial charge in [0, 0.05) is 31.0 Å². The van der Waals surface area contributed by atoms with Gasteiger partial charge < -0.3 is 5.32 Å². The summed E-state index contributed by atoms with van der Waals surface area (Å²) in [6, 6.07) is 1.22. The number of hydrogen-bond acceptors (Lipinski definition) is 4. The highest BCUT2D eigenvalue weighted by Crippen LogP contribution is 2.28. The first kappa shape index (κ1) is 11.4. The lowest BCUT2D eigenvalue weighted by molar-refractivity contribution is 0.192. The molecule has 0 radical (unpaired) electrons. The summed E-state index contributed by atoms with van der Waals surface area (Å²) in [7, 11) is 0. The SMILES string of the molecule is Brc1cnc(NC2CCN3CCCCC23)nc1. The normalized spacial score (nSPS) is 29.0. The summed E-state index contributed by atoms with van der Waals surface area (Å²) in [5.74, 6) is 0.755. The van der Waals surface area contributed by atoms with Crippen LogP contribution >= 0.6 is 15.9 Å². The third-order valence-corrected chi connectivity index (χ3v) is 4.20. The molecular weight excluding hydrogens is 280 g/mol. The predicted octanol–water partition coefficient (Wildman–Crippen LogP) is 2.28. The van der Waals surface area contributed by atoms with Gasteiger partial charge in [-0.05, 0) is 41.7 Å². The molecule has 0 spiro atoms. The molecule has 0 saturated carbocycles. The average Bonchev–Trinajstić information content (AvgIpc) is 2.76. The van der Waals surface area contributed by atoms with Crippen molar-refractivity contribution in [1.82, 2.24) is 14.9 Å². The fourth-order valence-corrected chi connectivity index (χ4v) is 3.17. The number of hydrogen-bond donors (Lipinski definition) is 1. The smallest absolute Gasteiger partial charge is 0.222 e. The molecule has 0 bridgehead atoms. The Bertz CT molecular complexity index is 381. The Labute approximate surface area is 110 Å². The highest BCUT2D eigenvalue weighted by atomic mass is 79.9. The molecule has 2 atom stereocenters. The van der Waals surface area contributed by atoms with Crippen LogP contribution < -0.4 is 5.32 Å². The number of aromatic nitrogens is 2. The molecule has 17 heavy (non-hydrogen) atoms. The molecule has 0 aromatic carbocycles. The maximum absolute atomic E-state index is 4.29. The Balaban J connectivity index is 1.67. The van der Waals surface area contributed by atoms with Crippen molar-refractivity contribution in [2.24, 2.45) is 0 Å². The van der Waals surface area contributed by atoms with Gasteiger partial charge in [0.15, 0.2) is 0 Å². The Morgan fingerprint density at radius 1 is 1.18 bits per heavy atom. The number of fused-ring (bicyclic) bond motifs is 1. The standard InChI is InChI=1S/C12H17BrN4/c13-9-7-14-12(15-8-9)16-10-4-6-17-5-2-1-3-11(10)17/h7-8,10-11H,1-6H2,(H,14,15,16). The van der Waals surface area contributed by atoms with Crippen LogP contribution in [0.4, 0.5) is 5.95 Å². The van der Waals surface area contributed by atoms with Crippen molar-refractivity contribution in [2.75, 3.05) is 18.4 Å². The van der Waals surface area contributed by atoms with Crippen LogP contribution in [0.1, 0.15) is 25.7 Å². The molecule has 0 aliphatic carbocycles. The summed E-state index contributed by atoms with van der Waals surface area (Å²) in [6.07, 6.45) is 8.84. The van der Waals surface area contributed by atoms with Crippen LogP contribution in [-0.4, -0.2) is 40.0 Å². The van der Waals surface area contributed by atoms with E-state index in [9.17, 15) is 0 Å². The molecule has 5 heteroatoms. The second-order valence-electron chi connectivity index (χ2n) is 4.86. The van der Waals surface area contributed by atoms with Gasteiger partial charge in [0.25, 0.3) is 0 Å². The molecule has 2 aliphatic rings. The first-order valence-electron chi connectivity index (χ1n) is 6.31. The molecule has 1 aromatic heterocycles. The minimum absolute atomic E-state index is 0.525. The number of piperidine rings is 1. The maximum Gasteiger partial charge on any atom is 0.222 e. The molecule has 1 aromatic rings. The first-order chi connectivity index (χ1) is 8.33. The van der Waals surface area contributed by atoms with Gasteiger partial charge in [-0.2, -0.15) is 0 Å². The maximum atomic E-state index is 4.29. The zero-order chi connectivity index (χ0) is 11.7. The van der Waals surface area contributed by atoms with Crippen molar-refractivity contribution in [2.45, 2.75) is 37.8 Å². The summed E-state index contributed by atoms with van der Waals surface area (Å²) < 4.78 is 0.925. The van der Waals surface area contributed by atoms with E-state index in [1.807, 2.05) is 0 Å². The zero-order valence-corrected chi connectivity index (χ0v) is 11.4. The average molecular weight is 297 g/mol. The number of nitrogens with one attached hydrogen (secondary N) is 1. The quantitative estimate of drug-likeness (QED) is 0.909. The van der Waals surface area contributed by atoms with E-state index >= 15 is 0 Å². The van der Waals surface area contributed by atoms with E-state index in [2.05, 4.69) is 36.1 Å². The number of rotatable bonds is 2. The molecule has 3 heterocycles. The Hall–Kier alpha value is -0.680. The molecule has 3 rings (SSSR count). The van der Waals surface area contributed by atoms with Crippen molar-refractivity contribution in [3.8, 4) is 0 Å². The van der Waals surface area contributed by atoms with Crippen LogP contribution in [0, 0.1) is 0 Å². The van der Waals surface area contributed by atoms with Gasteiger partial charge in [0.1, 0.15) is 0 Å². The lowest BCUT2D eigenvalue weighted by Gasteiger charge is -2.32. The molecule has 4 nitrogen and oxygen atoms in total. The number of nitrogens with zero attached hydrogens (tertiary/aromatic N) is 3. The molecule has 2 saturated heterocycles. The van der Waals surface area contributed by atoms with Gasteiger partial charge in [-0.1, -0.05) is 6.42 Å². The molecule has 2 fully saturated rings. The van der Waals surface area contributed by atoms with Crippen LogP contribution in [0.5, 0.6) is 0 Å². The highest BCUT2D eigenvalue weighted by Gasteiger charge is 2.35. The summed E-state index contributed by atoms with van der Waals surface area (Å²) in [5.41, 5.74) is 0. The minimum Gasteiger partial charge on any atom is -0.350 e. The van der Waals surface area contributed by atoms with Crippen LogP contribution in [-0.2, 0) is 0 Å². The van der Waals surface area contributed by atoms with Gasteiger partial charge in [-0.3, -0.25) is 4.90 Å². The summed E-state index contributed by atoms with van der Waals surface area (Å²) in [4.78, 5) is 11.2. The van der Waals surface area contributed by atoms with Crippen LogP contribution in [0.15, 0.2) is 16.9 Å². The first-order valence-corrected chi connectivity index (χ1v) is 7.10. The largest absolute Gasteiger partial charge is 0.350 e. The second kappa shape index (κ2) is 4.90. The Morgan fingerprint density at radius 2 is 2.00 bits per heavy atom. The van der Waals surface area contributed by atoms with E-state index in [-0.39, 0.29) is 0 Å². The molecular formula is C12H17BrN4. The predicted molar refractivity (Wildman–Crippen MR) is 71.0 cm³/mol. The van der Waals surface area contributed by atoms with Gasteiger partial charge >= 0.3 is 0 Å². The van der Waals surface area contributed by atoms with Gasteiger partial charge in [0.05, 0.1) is 4.47 Å². The topological polar surface area (TPSA) is 41.1 Å². The van der Waals surface area contributed by atoms with Crippen LogP contribution in [0.2, 0.25) is 0 Å². The highest BCUT2D eigenvalue weighted by molar-refractivity contribution is 9.10. The molecule has 2 unspecified atom stereocenters. The lowest BCUT2D eigenvalue weighted by Crippen LogP contribution is -2.41. The van der Waals surface area contributed by atoms with Crippen molar-refractivity contribution in [3.05, 3.63) is 16.9 Å².